The SMILES string of the molecule is C=C/C=c1\c(=C)n2c3ccccc3c3cc(-c4ccc(N(c5ccc(-c6ccc([Si](c7ccccc7)(c7ccccc7)c7ccccc7)cc6)cc5)C5C=CC(c6ccc(-n7c8ccccc8c8ccccc87)cc6)=CC5)cc4)cc1c32. The summed E-state index contributed by atoms with van der Waals surface area (Å²) in [7, 11) is -2.65. The lowest BCUT2D eigenvalue weighted by atomic mass is 9.95. The van der Waals surface area contributed by atoms with Gasteiger partial charge >= 0.3 is 0 Å². The summed E-state index contributed by atoms with van der Waals surface area (Å²) in [5, 5.41) is 13.8. The van der Waals surface area contributed by atoms with Crippen molar-refractivity contribution in [3.8, 4) is 27.9 Å². The van der Waals surface area contributed by atoms with Crippen molar-refractivity contribution in [2.75, 3.05) is 4.90 Å². The van der Waals surface area contributed by atoms with Crippen molar-refractivity contribution in [3.05, 3.63) is 320 Å². The summed E-state index contributed by atoms with van der Waals surface area (Å²) in [5.74, 6) is 0. The van der Waals surface area contributed by atoms with Gasteiger partial charge in [-0.15, -0.1) is 0 Å². The van der Waals surface area contributed by atoms with E-state index in [2.05, 4.69) is 324 Å². The molecule has 0 bridgehead atoms. The van der Waals surface area contributed by atoms with Crippen LogP contribution in [-0.2, 0) is 0 Å². The Bertz CT molecular complexity index is 4730. The van der Waals surface area contributed by atoms with Crippen LogP contribution in [0.1, 0.15) is 12.0 Å². The maximum absolute atomic E-state index is 4.57. The molecule has 388 valence electrons. The maximum Gasteiger partial charge on any atom is 0.179 e. The maximum atomic E-state index is 4.57. The normalized spacial score (nSPS) is 13.9. The number of rotatable bonds is 12. The molecule has 1 unspecified atom stereocenters. The molecule has 1 aliphatic carbocycles. The molecule has 4 heteroatoms. The van der Waals surface area contributed by atoms with Gasteiger partial charge in [-0.25, -0.2) is 0 Å². The summed E-state index contributed by atoms with van der Waals surface area (Å²) in [6.07, 6.45) is 11.9. The van der Waals surface area contributed by atoms with Gasteiger partial charge in [0.2, 0.25) is 0 Å². The molecule has 1 atom stereocenters. The monoisotopic (exact) mass is 1060 g/mol. The van der Waals surface area contributed by atoms with Gasteiger partial charge in [-0.2, -0.15) is 0 Å². The van der Waals surface area contributed by atoms with Gasteiger partial charge < -0.3 is 13.9 Å². The minimum atomic E-state index is -2.65. The molecule has 82 heavy (non-hydrogen) atoms. The molecule has 3 aromatic heterocycles. The number of aromatic nitrogens is 2. The lowest BCUT2D eigenvalue weighted by Gasteiger charge is -2.34. The van der Waals surface area contributed by atoms with E-state index >= 15 is 0 Å². The standard InChI is InChI=1S/C78H57N3Si/c1-3-19-69-54(2)79-75-29-16-15-28-72(75)74-53-60(52-73(69)78(74)79)59-38-46-63(47-39-59)80(61-42-32-55(33-43-61)56-36-48-64(49-37-56)81-76-30-17-13-26-70(76)71-27-14-18-31-77(71)81)62-44-34-57(35-45-62)58-40-50-68(51-41-58)82(65-20-7-4-8-21-65,66-22-9-5-10-23-66)67-24-11-6-12-25-67/h3-42,44-53,61H,1-2,43H2/b69-19+. The molecular weight excluding hydrogens is 1010 g/mol. The van der Waals surface area contributed by atoms with Crippen molar-refractivity contribution in [3.63, 3.8) is 0 Å². The molecule has 0 radical (unpaired) electrons. The van der Waals surface area contributed by atoms with Crippen LogP contribution in [0.4, 0.5) is 11.4 Å². The quantitative estimate of drug-likeness (QED) is 0.0877. The third-order valence-corrected chi connectivity index (χ3v) is 22.1. The van der Waals surface area contributed by atoms with Crippen molar-refractivity contribution in [2.24, 2.45) is 0 Å². The predicted octanol–water partition coefficient (Wildman–Crippen LogP) is 15.4. The summed E-state index contributed by atoms with van der Waals surface area (Å²) in [5.41, 5.74) is 15.4. The Balaban J connectivity index is 0.783. The van der Waals surface area contributed by atoms with Crippen LogP contribution in [0.25, 0.3) is 95.2 Å². The Kier molecular flexibility index (Phi) is 12.0. The number of hydrogen-bond acceptors (Lipinski definition) is 1. The average Bonchev–Trinajstić information content (AvgIpc) is 3.99. The summed E-state index contributed by atoms with van der Waals surface area (Å²) >= 11 is 0. The van der Waals surface area contributed by atoms with Gasteiger partial charge in [0.1, 0.15) is 0 Å². The number of anilines is 2. The average molecular weight is 1060 g/mol. The third-order valence-electron chi connectivity index (χ3n) is 17.3. The first-order chi connectivity index (χ1) is 40.5. The van der Waals surface area contributed by atoms with Crippen LogP contribution in [0.2, 0.25) is 0 Å². The zero-order valence-corrected chi connectivity index (χ0v) is 46.4. The van der Waals surface area contributed by atoms with Gasteiger partial charge in [-0.3, -0.25) is 0 Å². The molecule has 0 spiro atoms. The molecule has 0 saturated carbocycles. The molecule has 15 rings (SSSR count). The van der Waals surface area contributed by atoms with Crippen molar-refractivity contribution >= 4 is 107 Å². The highest BCUT2D eigenvalue weighted by Gasteiger charge is 2.41. The Morgan fingerprint density at radius 2 is 0.866 bits per heavy atom. The largest absolute Gasteiger partial charge is 0.334 e. The second kappa shape index (κ2) is 20.1. The van der Waals surface area contributed by atoms with Gasteiger partial charge in [0.05, 0.1) is 28.1 Å². The summed E-state index contributed by atoms with van der Waals surface area (Å²) in [6, 6.07) is 101. The lowest BCUT2D eigenvalue weighted by Crippen LogP contribution is -2.74. The third kappa shape index (κ3) is 7.94. The van der Waals surface area contributed by atoms with Gasteiger partial charge in [0.15, 0.2) is 8.07 Å². The summed E-state index contributed by atoms with van der Waals surface area (Å²) in [4.78, 5) is 2.51. The molecule has 3 nitrogen and oxygen atoms in total. The zero-order chi connectivity index (χ0) is 54.7. The summed E-state index contributed by atoms with van der Waals surface area (Å²) in [6.45, 7) is 8.64. The molecule has 0 fully saturated rings. The number of nitrogens with zero attached hydrogens (tertiary/aromatic N) is 3. The fourth-order valence-electron chi connectivity index (χ4n) is 13.5. The van der Waals surface area contributed by atoms with E-state index in [0.29, 0.717) is 0 Å². The number of benzene rings is 11. The molecule has 14 aromatic rings. The molecule has 0 N–H and O–H groups in total. The van der Waals surface area contributed by atoms with E-state index in [4.69, 9.17) is 0 Å². The fraction of sp³-hybridized carbons (Fsp3) is 0.0256. The van der Waals surface area contributed by atoms with E-state index < -0.39 is 8.07 Å². The van der Waals surface area contributed by atoms with Crippen molar-refractivity contribution in [1.82, 2.24) is 8.97 Å². The molecule has 0 saturated heterocycles. The van der Waals surface area contributed by atoms with Crippen LogP contribution in [0, 0.1) is 0 Å². The molecule has 3 heterocycles. The molecule has 0 amide bonds. The minimum absolute atomic E-state index is 0.0736. The number of allylic oxidation sites excluding steroid dienone is 3. The first-order valence-electron chi connectivity index (χ1n) is 28.4. The topological polar surface area (TPSA) is 12.6 Å². The predicted molar refractivity (Wildman–Crippen MR) is 352 cm³/mol. The van der Waals surface area contributed by atoms with Gasteiger partial charge in [-0.05, 0) is 127 Å². The zero-order valence-electron chi connectivity index (χ0n) is 45.4. The van der Waals surface area contributed by atoms with Crippen molar-refractivity contribution < 1.29 is 0 Å². The van der Waals surface area contributed by atoms with Crippen LogP contribution in [-0.4, -0.2) is 23.1 Å². The van der Waals surface area contributed by atoms with Crippen LogP contribution < -0.4 is 36.2 Å². The Labute approximate surface area is 478 Å². The highest BCUT2D eigenvalue weighted by Crippen LogP contribution is 2.39. The van der Waals surface area contributed by atoms with Gasteiger partial charge in [-0.1, -0.05) is 250 Å². The second-order valence-corrected chi connectivity index (χ2v) is 25.5. The van der Waals surface area contributed by atoms with E-state index in [1.54, 1.807) is 0 Å². The van der Waals surface area contributed by atoms with Crippen LogP contribution >= 0.6 is 0 Å². The fourth-order valence-corrected chi connectivity index (χ4v) is 18.2. The van der Waals surface area contributed by atoms with E-state index in [1.807, 2.05) is 6.08 Å². The molecular formula is C78H57N3Si. The van der Waals surface area contributed by atoms with E-state index in [9.17, 15) is 0 Å². The number of hydrogen-bond donors (Lipinski definition) is 0. The second-order valence-electron chi connectivity index (χ2n) is 21.7. The van der Waals surface area contributed by atoms with Crippen LogP contribution in [0.5, 0.6) is 0 Å². The summed E-state index contributed by atoms with van der Waals surface area (Å²) < 4.78 is 4.70. The molecule has 0 aliphatic heterocycles. The Hall–Kier alpha value is -10.3. The highest BCUT2D eigenvalue weighted by atomic mass is 28.3. The first-order valence-corrected chi connectivity index (χ1v) is 30.4. The van der Waals surface area contributed by atoms with Crippen molar-refractivity contribution in [1.29, 1.82) is 0 Å². The highest BCUT2D eigenvalue weighted by molar-refractivity contribution is 7.19. The van der Waals surface area contributed by atoms with Gasteiger partial charge in [0, 0.05) is 54.6 Å². The Morgan fingerprint density at radius 1 is 0.427 bits per heavy atom. The van der Waals surface area contributed by atoms with Gasteiger partial charge in [0.25, 0.3) is 0 Å². The Morgan fingerprint density at radius 3 is 1.38 bits per heavy atom. The van der Waals surface area contributed by atoms with E-state index in [-0.39, 0.29) is 6.04 Å². The lowest BCUT2D eigenvalue weighted by molar-refractivity contribution is 0.787. The molecule has 11 aromatic carbocycles. The van der Waals surface area contributed by atoms with Crippen molar-refractivity contribution in [2.45, 2.75) is 12.5 Å². The van der Waals surface area contributed by atoms with Crippen LogP contribution in [0.3, 0.4) is 0 Å². The van der Waals surface area contributed by atoms with E-state index in [1.165, 1.54) is 97.6 Å². The number of fused-ring (bicyclic) bond motifs is 6. The number of para-hydroxylation sites is 3. The first kappa shape index (κ1) is 48.8. The smallest absolute Gasteiger partial charge is 0.179 e. The van der Waals surface area contributed by atoms with E-state index in [0.717, 1.165) is 39.6 Å². The van der Waals surface area contributed by atoms with Crippen LogP contribution in [0.15, 0.2) is 304 Å². The molecule has 1 aliphatic rings. The minimum Gasteiger partial charge on any atom is -0.334 e.